The number of nitrogens with zero attached hydrogens (tertiary/aromatic N) is 1. The van der Waals surface area contributed by atoms with E-state index >= 15 is 8.78 Å². The van der Waals surface area contributed by atoms with Gasteiger partial charge in [-0.2, -0.15) is 5.26 Å². The number of nitrogens with one attached hydrogen (secondary N) is 1. The van der Waals surface area contributed by atoms with E-state index in [0.717, 1.165) is 11.6 Å². The third-order valence-electron chi connectivity index (χ3n) is 8.22. The van der Waals surface area contributed by atoms with Gasteiger partial charge in [0.05, 0.1) is 29.0 Å². The number of aliphatic hydroxyl groups is 1. The van der Waals surface area contributed by atoms with Gasteiger partial charge in [0.1, 0.15) is 36.3 Å². The highest BCUT2D eigenvalue weighted by Gasteiger charge is 2.62. The Kier molecular flexibility index (Phi) is 11.2. The van der Waals surface area contributed by atoms with E-state index in [-0.39, 0.29) is 34.2 Å². The van der Waals surface area contributed by atoms with Crippen molar-refractivity contribution in [1.29, 1.82) is 5.26 Å². The molecule has 248 valence electrons. The molecule has 4 rings (SSSR count). The molecule has 9 nitrogen and oxygen atoms in total. The molecule has 3 aromatic rings. The zero-order valence-electron chi connectivity index (χ0n) is 25.5. The monoisotopic (exact) mass is 687 g/mol. The zero-order valence-corrected chi connectivity index (χ0v) is 27.0. The van der Waals surface area contributed by atoms with Crippen molar-refractivity contribution in [3.8, 4) is 6.07 Å². The van der Waals surface area contributed by atoms with Crippen LogP contribution in [0.15, 0.2) is 66.7 Å². The first kappa shape index (κ1) is 35.8. The number of rotatable bonds is 12. The second kappa shape index (κ2) is 14.8. The second-order valence-corrected chi connectivity index (χ2v) is 12.9. The zero-order chi connectivity index (χ0) is 34.5. The normalized spacial score (nSPS) is 21.4. The molecule has 1 aliphatic rings. The summed E-state index contributed by atoms with van der Waals surface area (Å²) in [4.78, 5) is 38.4. The lowest BCUT2D eigenvalue weighted by Crippen LogP contribution is -2.47. The van der Waals surface area contributed by atoms with Crippen LogP contribution in [0.2, 0.25) is 10.0 Å². The number of nitrogens with two attached hydrogens (primary N) is 1. The Morgan fingerprint density at radius 1 is 1.09 bits per heavy atom. The molecule has 5 atom stereocenters. The van der Waals surface area contributed by atoms with Gasteiger partial charge in [-0.3, -0.25) is 19.7 Å². The molecule has 0 aromatic heterocycles. The molecule has 47 heavy (non-hydrogen) atoms. The topological polar surface area (TPSA) is 152 Å². The van der Waals surface area contributed by atoms with Gasteiger partial charge in [-0.1, -0.05) is 71.7 Å². The lowest BCUT2D eigenvalue weighted by atomic mass is 9.62. The molecule has 1 heterocycles. The lowest BCUT2D eigenvalue weighted by Gasteiger charge is -2.37. The molecule has 0 radical (unpaired) electrons. The number of nitriles is 1. The molecule has 1 aliphatic heterocycles. The van der Waals surface area contributed by atoms with Crippen LogP contribution >= 0.6 is 23.2 Å². The molecule has 1 fully saturated rings. The van der Waals surface area contributed by atoms with Crippen molar-refractivity contribution in [2.24, 2.45) is 11.1 Å². The van der Waals surface area contributed by atoms with E-state index in [1.807, 2.05) is 6.07 Å². The van der Waals surface area contributed by atoms with Crippen molar-refractivity contribution >= 4 is 41.0 Å². The molecule has 0 spiro atoms. The summed E-state index contributed by atoms with van der Waals surface area (Å²) in [5, 5.41) is 23.9. The van der Waals surface area contributed by atoms with Crippen LogP contribution in [-0.2, 0) is 35.9 Å². The number of halogens is 4. The largest absolute Gasteiger partial charge is 0.462 e. The van der Waals surface area contributed by atoms with Gasteiger partial charge < -0.3 is 20.3 Å². The predicted octanol–water partition coefficient (Wildman–Crippen LogP) is 5.10. The van der Waals surface area contributed by atoms with Crippen LogP contribution in [0.25, 0.3) is 0 Å². The minimum atomic E-state index is -2.06. The minimum absolute atomic E-state index is 0.0246. The number of amides is 1. The number of esters is 2. The van der Waals surface area contributed by atoms with Crippen LogP contribution < -0.4 is 11.1 Å². The summed E-state index contributed by atoms with van der Waals surface area (Å²) >= 11 is 12.2. The molecule has 3 aromatic carbocycles. The molecular formula is C34H33Cl2F2N3O6. The maximum atomic E-state index is 15.9. The van der Waals surface area contributed by atoms with Crippen LogP contribution in [0.1, 0.15) is 49.3 Å². The van der Waals surface area contributed by atoms with E-state index in [9.17, 15) is 24.8 Å². The first-order valence-corrected chi connectivity index (χ1v) is 15.4. The molecule has 0 saturated carbocycles. The second-order valence-electron chi connectivity index (χ2n) is 12.0. The minimum Gasteiger partial charge on any atom is -0.462 e. The van der Waals surface area contributed by atoms with Crippen molar-refractivity contribution in [3.63, 3.8) is 0 Å². The van der Waals surface area contributed by atoms with Gasteiger partial charge in [-0.05, 0) is 49.6 Å². The van der Waals surface area contributed by atoms with Crippen LogP contribution in [0, 0.1) is 28.4 Å². The lowest BCUT2D eigenvalue weighted by molar-refractivity contribution is -0.156. The van der Waals surface area contributed by atoms with Crippen LogP contribution in [0.5, 0.6) is 0 Å². The summed E-state index contributed by atoms with van der Waals surface area (Å²) in [6, 6.07) is 16.0. The Morgan fingerprint density at radius 3 is 2.43 bits per heavy atom. The van der Waals surface area contributed by atoms with Crippen LogP contribution in [0.4, 0.5) is 8.78 Å². The third kappa shape index (κ3) is 7.74. The fourth-order valence-electron chi connectivity index (χ4n) is 5.99. The summed E-state index contributed by atoms with van der Waals surface area (Å²) < 4.78 is 42.7. The first-order chi connectivity index (χ1) is 22.2. The van der Waals surface area contributed by atoms with Crippen molar-refractivity contribution in [1.82, 2.24) is 5.32 Å². The first-order valence-electron chi connectivity index (χ1n) is 14.6. The Bertz CT molecular complexity index is 1690. The fraction of sp³-hybridized carbons (Fsp3) is 0.353. The number of hydrogen-bond donors (Lipinski definition) is 3. The SMILES string of the molecule is CC(C)(C[C@@H]1N[C@@H](C(=O)OC[C@@H](O)CC(N)=O)[C@H](c2cccc(Cl)c2F)[C@@]1(C#N)c1ccc(Cl)cc1F)C(=O)OCc1ccccc1. The maximum Gasteiger partial charge on any atom is 0.323 e. The van der Waals surface area contributed by atoms with Gasteiger partial charge in [0.2, 0.25) is 5.91 Å². The maximum absolute atomic E-state index is 15.9. The highest BCUT2D eigenvalue weighted by Crippen LogP contribution is 2.53. The molecule has 4 N–H and O–H groups in total. The predicted molar refractivity (Wildman–Crippen MR) is 169 cm³/mol. The Balaban J connectivity index is 1.83. The summed E-state index contributed by atoms with van der Waals surface area (Å²) in [7, 11) is 0. The van der Waals surface area contributed by atoms with Gasteiger partial charge in [0, 0.05) is 22.5 Å². The summed E-state index contributed by atoms with van der Waals surface area (Å²) in [5.41, 5.74) is 2.05. The van der Waals surface area contributed by atoms with E-state index in [0.29, 0.717) is 0 Å². The number of primary amides is 1. The summed E-state index contributed by atoms with van der Waals surface area (Å²) in [5.74, 6) is -5.87. The van der Waals surface area contributed by atoms with Gasteiger partial charge in [-0.15, -0.1) is 0 Å². The summed E-state index contributed by atoms with van der Waals surface area (Å²) in [6.07, 6.45) is -2.14. The molecule has 0 unspecified atom stereocenters. The highest BCUT2D eigenvalue weighted by atomic mass is 35.5. The molecule has 13 heteroatoms. The molecule has 1 amide bonds. The molecular weight excluding hydrogens is 655 g/mol. The van der Waals surface area contributed by atoms with Crippen LogP contribution in [-0.4, -0.2) is 47.7 Å². The van der Waals surface area contributed by atoms with Gasteiger partial charge in [-0.25, -0.2) is 8.78 Å². The number of benzene rings is 3. The summed E-state index contributed by atoms with van der Waals surface area (Å²) in [6.45, 7) is 2.46. The van der Waals surface area contributed by atoms with Crippen molar-refractivity contribution in [2.75, 3.05) is 6.61 Å². The van der Waals surface area contributed by atoms with Crippen molar-refractivity contribution in [2.45, 2.75) is 62.8 Å². The number of aliphatic hydroxyl groups excluding tert-OH is 1. The molecule has 1 saturated heterocycles. The average molecular weight is 689 g/mol. The van der Waals surface area contributed by atoms with Crippen molar-refractivity contribution in [3.05, 3.63) is 105 Å². The quantitative estimate of drug-likeness (QED) is 0.223. The van der Waals surface area contributed by atoms with E-state index in [1.54, 1.807) is 38.1 Å². The number of ether oxygens (including phenoxy) is 2. The van der Waals surface area contributed by atoms with Gasteiger partial charge >= 0.3 is 11.9 Å². The standard InChI is InChI=1S/C34H33Cl2F2N3O6/c1-33(2,32(45)47-16-19-7-4-3-5-8-19)15-26-34(18-39,23-12-11-20(35)13-25(23)37)28(22-9-6-10-24(36)29(22)38)30(41-26)31(44)46-17-21(42)14-27(40)43/h3-13,21,26,28,30,41-42H,14-17H2,1-2H3,(H2,40,43)/t21-,26-,28-,30+,34-/m0/s1. The highest BCUT2D eigenvalue weighted by molar-refractivity contribution is 6.31. The van der Waals surface area contributed by atoms with Gasteiger partial charge in [0.25, 0.3) is 0 Å². The number of hydrogen-bond acceptors (Lipinski definition) is 8. The van der Waals surface area contributed by atoms with Gasteiger partial charge in [0.15, 0.2) is 0 Å². The van der Waals surface area contributed by atoms with Crippen molar-refractivity contribution < 1.29 is 37.7 Å². The number of carbonyl (C=O) groups excluding carboxylic acids is 3. The van der Waals surface area contributed by atoms with Crippen LogP contribution in [0.3, 0.4) is 0 Å². The Labute approximate surface area is 280 Å². The molecule has 0 aliphatic carbocycles. The van der Waals surface area contributed by atoms with E-state index in [1.165, 1.54) is 30.3 Å². The fourth-order valence-corrected chi connectivity index (χ4v) is 6.33. The average Bonchev–Trinajstić information content (AvgIpc) is 3.33. The van der Waals surface area contributed by atoms with E-state index in [2.05, 4.69) is 11.4 Å². The Hall–Kier alpha value is -4.08. The number of carbonyl (C=O) groups is 3. The smallest absolute Gasteiger partial charge is 0.323 e. The van der Waals surface area contributed by atoms with E-state index < -0.39 is 77.4 Å². The molecule has 0 bridgehead atoms. The van der Waals surface area contributed by atoms with E-state index in [4.69, 9.17) is 38.4 Å². The Morgan fingerprint density at radius 2 is 1.79 bits per heavy atom. The third-order valence-corrected chi connectivity index (χ3v) is 8.75.